The lowest BCUT2D eigenvalue weighted by Gasteiger charge is -2.29. The summed E-state index contributed by atoms with van der Waals surface area (Å²) >= 11 is 0. The fraction of sp³-hybridized carbons (Fsp3) is 0.556. The number of likely N-dealkylation sites (tertiary alicyclic amines) is 1. The average molecular weight is 347 g/mol. The fourth-order valence-corrected chi connectivity index (χ4v) is 3.19. The molecule has 7 nitrogen and oxygen atoms in total. The van der Waals surface area contributed by atoms with E-state index in [1.54, 1.807) is 7.11 Å². The Morgan fingerprint density at radius 2 is 1.92 bits per heavy atom. The molecule has 0 spiro atoms. The van der Waals surface area contributed by atoms with Gasteiger partial charge in [0, 0.05) is 44.7 Å². The van der Waals surface area contributed by atoms with Gasteiger partial charge in [0.05, 0.1) is 19.6 Å². The molecule has 25 heavy (non-hydrogen) atoms. The zero-order valence-corrected chi connectivity index (χ0v) is 14.6. The van der Waals surface area contributed by atoms with Crippen molar-refractivity contribution in [2.75, 3.05) is 56.8 Å². The Morgan fingerprint density at radius 1 is 1.20 bits per heavy atom. The first-order chi connectivity index (χ1) is 12.2. The highest BCUT2D eigenvalue weighted by Crippen LogP contribution is 2.22. The van der Waals surface area contributed by atoms with Gasteiger partial charge in [-0.3, -0.25) is 14.5 Å². The lowest BCUT2D eigenvalue weighted by molar-refractivity contribution is -0.138. The molecular weight excluding hydrogens is 322 g/mol. The number of carbonyl (C=O) groups excluding carboxylic acids is 2. The van der Waals surface area contributed by atoms with Gasteiger partial charge in [0.1, 0.15) is 6.04 Å². The van der Waals surface area contributed by atoms with Crippen LogP contribution in [0.2, 0.25) is 0 Å². The van der Waals surface area contributed by atoms with Crippen LogP contribution in [0.15, 0.2) is 24.3 Å². The lowest BCUT2D eigenvalue weighted by atomic mass is 10.2. The zero-order chi connectivity index (χ0) is 17.6. The van der Waals surface area contributed by atoms with Crippen LogP contribution in [0.1, 0.15) is 12.8 Å². The van der Waals surface area contributed by atoms with Gasteiger partial charge >= 0.3 is 0 Å². The molecule has 3 rings (SSSR count). The van der Waals surface area contributed by atoms with E-state index >= 15 is 0 Å². The maximum atomic E-state index is 12.4. The number of nitrogens with zero attached hydrogens (tertiary/aromatic N) is 2. The van der Waals surface area contributed by atoms with Gasteiger partial charge in [0.25, 0.3) is 5.91 Å². The molecule has 136 valence electrons. The molecule has 2 aliphatic heterocycles. The highest BCUT2D eigenvalue weighted by molar-refractivity contribution is 6.06. The first-order valence-electron chi connectivity index (χ1n) is 8.71. The Hall–Kier alpha value is -2.12. The molecule has 0 saturated carbocycles. The number of nitrogens with one attached hydrogen (secondary N) is 1. The number of anilines is 2. The summed E-state index contributed by atoms with van der Waals surface area (Å²) in [6, 6.07) is 7.49. The molecule has 2 saturated heterocycles. The molecule has 0 bridgehead atoms. The second-order valence-corrected chi connectivity index (χ2v) is 6.28. The van der Waals surface area contributed by atoms with Gasteiger partial charge in [-0.15, -0.1) is 0 Å². The van der Waals surface area contributed by atoms with Gasteiger partial charge in [-0.05, 0) is 30.7 Å². The van der Waals surface area contributed by atoms with Crippen LogP contribution in [0, 0.1) is 0 Å². The van der Waals surface area contributed by atoms with E-state index in [0.717, 1.165) is 37.7 Å². The molecule has 1 N–H and O–H groups in total. The van der Waals surface area contributed by atoms with Crippen molar-refractivity contribution >= 4 is 23.2 Å². The van der Waals surface area contributed by atoms with E-state index in [1.807, 2.05) is 24.3 Å². The number of ether oxygens (including phenoxy) is 2. The minimum Gasteiger partial charge on any atom is -0.385 e. The third-order valence-corrected chi connectivity index (χ3v) is 4.56. The summed E-state index contributed by atoms with van der Waals surface area (Å²) in [5, 5.41) is 3.19. The fourth-order valence-electron chi connectivity index (χ4n) is 3.19. The summed E-state index contributed by atoms with van der Waals surface area (Å²) in [4.78, 5) is 28.1. The maximum Gasteiger partial charge on any atom is 0.252 e. The van der Waals surface area contributed by atoms with E-state index in [-0.39, 0.29) is 18.2 Å². The third kappa shape index (κ3) is 4.29. The number of morpholine rings is 1. The van der Waals surface area contributed by atoms with Crippen LogP contribution < -0.4 is 10.2 Å². The molecule has 0 aromatic heterocycles. The van der Waals surface area contributed by atoms with Crippen LogP contribution in [0.25, 0.3) is 0 Å². The number of hydrogen-bond acceptors (Lipinski definition) is 6. The summed E-state index contributed by atoms with van der Waals surface area (Å²) < 4.78 is 10.3. The molecule has 1 atom stereocenters. The van der Waals surface area contributed by atoms with Crippen LogP contribution in [-0.2, 0) is 19.1 Å². The third-order valence-electron chi connectivity index (χ3n) is 4.56. The van der Waals surface area contributed by atoms with Crippen molar-refractivity contribution in [1.82, 2.24) is 4.90 Å². The standard InChI is InChI=1S/C18H25N3O4/c1-24-10-2-7-21-17(22)13-16(18(21)23)19-14-3-5-15(6-4-14)20-8-11-25-12-9-20/h3-6,16,19H,2,7-13H2,1H3. The summed E-state index contributed by atoms with van der Waals surface area (Å²) in [5.74, 6) is -0.276. The Morgan fingerprint density at radius 3 is 2.60 bits per heavy atom. The molecule has 7 heteroatoms. The highest BCUT2D eigenvalue weighted by atomic mass is 16.5. The van der Waals surface area contributed by atoms with E-state index in [2.05, 4.69) is 10.2 Å². The van der Waals surface area contributed by atoms with Crippen molar-refractivity contribution in [3.8, 4) is 0 Å². The summed E-state index contributed by atoms with van der Waals surface area (Å²) in [5.41, 5.74) is 1.99. The van der Waals surface area contributed by atoms with Crippen LogP contribution in [-0.4, -0.2) is 69.3 Å². The molecule has 0 aliphatic carbocycles. The second kappa shape index (κ2) is 8.31. The van der Waals surface area contributed by atoms with Crippen LogP contribution in [0.4, 0.5) is 11.4 Å². The normalized spacial score (nSPS) is 21.1. The quantitative estimate of drug-likeness (QED) is 0.588. The highest BCUT2D eigenvalue weighted by Gasteiger charge is 2.38. The summed E-state index contributed by atoms with van der Waals surface area (Å²) in [7, 11) is 1.61. The van der Waals surface area contributed by atoms with E-state index in [9.17, 15) is 9.59 Å². The van der Waals surface area contributed by atoms with Crippen molar-refractivity contribution in [2.45, 2.75) is 18.9 Å². The summed E-state index contributed by atoms with van der Waals surface area (Å²) in [6.07, 6.45) is 0.867. The minimum atomic E-state index is -0.482. The van der Waals surface area contributed by atoms with E-state index in [1.165, 1.54) is 4.90 Å². The van der Waals surface area contributed by atoms with Crippen LogP contribution >= 0.6 is 0 Å². The van der Waals surface area contributed by atoms with Gasteiger partial charge in [-0.25, -0.2) is 0 Å². The zero-order valence-electron chi connectivity index (χ0n) is 14.6. The van der Waals surface area contributed by atoms with Crippen molar-refractivity contribution in [2.24, 2.45) is 0 Å². The molecule has 1 aromatic rings. The number of amides is 2. The Labute approximate surface area is 147 Å². The molecule has 1 unspecified atom stereocenters. The summed E-state index contributed by atoms with van der Waals surface area (Å²) in [6.45, 7) is 4.23. The molecule has 2 aliphatic rings. The van der Waals surface area contributed by atoms with Crippen LogP contribution in [0.3, 0.4) is 0 Å². The molecule has 2 fully saturated rings. The maximum absolute atomic E-state index is 12.4. The smallest absolute Gasteiger partial charge is 0.252 e. The molecular formula is C18H25N3O4. The molecule has 1 aromatic carbocycles. The van der Waals surface area contributed by atoms with Crippen LogP contribution in [0.5, 0.6) is 0 Å². The van der Waals surface area contributed by atoms with Crippen molar-refractivity contribution in [3.63, 3.8) is 0 Å². The number of imide groups is 1. The van der Waals surface area contributed by atoms with E-state index < -0.39 is 6.04 Å². The molecule has 2 amide bonds. The largest absolute Gasteiger partial charge is 0.385 e. The average Bonchev–Trinajstić information content (AvgIpc) is 2.90. The topological polar surface area (TPSA) is 71.1 Å². The number of benzene rings is 1. The predicted molar refractivity (Wildman–Crippen MR) is 94.7 cm³/mol. The number of methoxy groups -OCH3 is 1. The first kappa shape index (κ1) is 17.7. The monoisotopic (exact) mass is 347 g/mol. The van der Waals surface area contributed by atoms with Crippen molar-refractivity contribution < 1.29 is 19.1 Å². The van der Waals surface area contributed by atoms with Gasteiger partial charge in [-0.2, -0.15) is 0 Å². The first-order valence-corrected chi connectivity index (χ1v) is 8.71. The van der Waals surface area contributed by atoms with Crippen molar-refractivity contribution in [3.05, 3.63) is 24.3 Å². The molecule has 2 heterocycles. The SMILES string of the molecule is COCCCN1C(=O)CC(Nc2ccc(N3CCOCC3)cc2)C1=O. The number of carbonyl (C=O) groups is 2. The van der Waals surface area contributed by atoms with Gasteiger partial charge in [0.2, 0.25) is 5.91 Å². The predicted octanol–water partition coefficient (Wildman–Crippen LogP) is 1.10. The van der Waals surface area contributed by atoms with E-state index in [0.29, 0.717) is 19.6 Å². The van der Waals surface area contributed by atoms with Gasteiger partial charge < -0.3 is 19.7 Å². The Bertz CT molecular complexity index is 599. The lowest BCUT2D eigenvalue weighted by Crippen LogP contribution is -2.36. The van der Waals surface area contributed by atoms with E-state index in [4.69, 9.17) is 9.47 Å². The number of rotatable bonds is 7. The molecule has 0 radical (unpaired) electrons. The van der Waals surface area contributed by atoms with Gasteiger partial charge in [0.15, 0.2) is 0 Å². The number of hydrogen-bond donors (Lipinski definition) is 1. The second-order valence-electron chi connectivity index (χ2n) is 6.28. The minimum absolute atomic E-state index is 0.122. The van der Waals surface area contributed by atoms with Crippen molar-refractivity contribution in [1.29, 1.82) is 0 Å². The Balaban J connectivity index is 1.56. The Kier molecular flexibility index (Phi) is 5.88. The van der Waals surface area contributed by atoms with Gasteiger partial charge in [-0.1, -0.05) is 0 Å².